The van der Waals surface area contributed by atoms with Crippen LogP contribution in [0.3, 0.4) is 0 Å². The van der Waals surface area contributed by atoms with Crippen LogP contribution in [0.15, 0.2) is 18.2 Å². The molecule has 1 aromatic rings. The molecule has 0 aromatic heterocycles. The molecule has 0 saturated carbocycles. The van der Waals surface area contributed by atoms with Crippen LogP contribution >= 0.6 is 11.8 Å². The van der Waals surface area contributed by atoms with Gasteiger partial charge in [0.2, 0.25) is 5.91 Å². The Morgan fingerprint density at radius 3 is 2.89 bits per heavy atom. The normalized spacial score (nSPS) is 10.3. The molecule has 4 N–H and O–H groups in total. The van der Waals surface area contributed by atoms with Crippen molar-refractivity contribution in [2.24, 2.45) is 0 Å². The van der Waals surface area contributed by atoms with Gasteiger partial charge in [0.05, 0.1) is 11.4 Å². The van der Waals surface area contributed by atoms with Crippen molar-refractivity contribution >= 4 is 29.0 Å². The fraction of sp³-hybridized carbons (Fsp3) is 0.417. The maximum Gasteiger partial charge on any atom is 0.225 e. The molecule has 0 fully saturated rings. The van der Waals surface area contributed by atoms with Crippen LogP contribution in [0.1, 0.15) is 12.8 Å². The van der Waals surface area contributed by atoms with E-state index >= 15 is 0 Å². The summed E-state index contributed by atoms with van der Waals surface area (Å²) in [4.78, 5) is 11.6. The van der Waals surface area contributed by atoms with Gasteiger partial charge in [-0.25, -0.2) is 4.39 Å². The van der Waals surface area contributed by atoms with Gasteiger partial charge in [0.25, 0.3) is 0 Å². The molecular formula is C12H17FN2O2S. The lowest BCUT2D eigenvalue weighted by Crippen LogP contribution is -2.13. The molecule has 0 heterocycles. The molecule has 100 valence electrons. The Morgan fingerprint density at radius 2 is 2.22 bits per heavy atom. The molecule has 0 aliphatic carbocycles. The molecule has 18 heavy (non-hydrogen) atoms. The first-order valence-corrected chi connectivity index (χ1v) is 6.82. The fourth-order valence-electron chi connectivity index (χ4n) is 1.29. The fourth-order valence-corrected chi connectivity index (χ4v) is 2.16. The Hall–Kier alpha value is -1.27. The van der Waals surface area contributed by atoms with Crippen LogP contribution in [0.2, 0.25) is 0 Å². The zero-order chi connectivity index (χ0) is 13.4. The van der Waals surface area contributed by atoms with Gasteiger partial charge in [-0.15, -0.1) is 0 Å². The number of anilines is 2. The number of aliphatic hydroxyl groups is 1. The number of amides is 1. The SMILES string of the molecule is Nc1cc(F)ccc1NC(=O)CCSCCCO. The number of carbonyl (C=O) groups is 1. The summed E-state index contributed by atoms with van der Waals surface area (Å²) in [5.74, 6) is 0.949. The van der Waals surface area contributed by atoms with E-state index in [-0.39, 0.29) is 18.2 Å². The van der Waals surface area contributed by atoms with Crippen molar-refractivity contribution in [2.75, 3.05) is 29.2 Å². The van der Waals surface area contributed by atoms with Gasteiger partial charge in [0.1, 0.15) is 5.82 Å². The molecule has 1 rings (SSSR count). The summed E-state index contributed by atoms with van der Waals surface area (Å²) in [6, 6.07) is 3.87. The topological polar surface area (TPSA) is 75.3 Å². The number of rotatable bonds is 7. The highest BCUT2D eigenvalue weighted by atomic mass is 32.2. The molecule has 0 bridgehead atoms. The summed E-state index contributed by atoms with van der Waals surface area (Å²) in [6.07, 6.45) is 1.10. The summed E-state index contributed by atoms with van der Waals surface area (Å²) in [7, 11) is 0. The first-order valence-electron chi connectivity index (χ1n) is 5.67. The van der Waals surface area contributed by atoms with E-state index in [1.54, 1.807) is 11.8 Å². The number of halogens is 1. The lowest BCUT2D eigenvalue weighted by molar-refractivity contribution is -0.115. The number of benzene rings is 1. The van der Waals surface area contributed by atoms with Gasteiger partial charge in [-0.2, -0.15) is 11.8 Å². The maximum absolute atomic E-state index is 12.8. The first-order chi connectivity index (χ1) is 8.63. The van der Waals surface area contributed by atoms with Crippen molar-refractivity contribution in [1.82, 2.24) is 0 Å². The molecule has 0 radical (unpaired) electrons. The van der Waals surface area contributed by atoms with Crippen LogP contribution in [0.4, 0.5) is 15.8 Å². The molecule has 0 unspecified atom stereocenters. The van der Waals surface area contributed by atoms with Gasteiger partial charge in [0.15, 0.2) is 0 Å². The molecule has 0 saturated heterocycles. The predicted octanol–water partition coefficient (Wildman–Crippen LogP) is 1.85. The summed E-state index contributed by atoms with van der Waals surface area (Å²) in [6.45, 7) is 0.172. The van der Waals surface area contributed by atoms with Crippen molar-refractivity contribution in [3.05, 3.63) is 24.0 Å². The van der Waals surface area contributed by atoms with E-state index in [1.165, 1.54) is 18.2 Å². The second-order valence-electron chi connectivity index (χ2n) is 3.72. The van der Waals surface area contributed by atoms with Crippen molar-refractivity contribution < 1.29 is 14.3 Å². The Labute approximate surface area is 110 Å². The third-order valence-corrected chi connectivity index (χ3v) is 3.28. The predicted molar refractivity (Wildman–Crippen MR) is 73.1 cm³/mol. The Morgan fingerprint density at radius 1 is 1.44 bits per heavy atom. The molecule has 0 aliphatic heterocycles. The molecule has 0 spiro atoms. The Balaban J connectivity index is 2.31. The van der Waals surface area contributed by atoms with E-state index in [4.69, 9.17) is 10.8 Å². The second-order valence-corrected chi connectivity index (χ2v) is 4.94. The van der Waals surface area contributed by atoms with Crippen LogP contribution in [-0.4, -0.2) is 29.1 Å². The zero-order valence-electron chi connectivity index (χ0n) is 9.99. The Bertz CT molecular complexity index is 402. The van der Waals surface area contributed by atoms with Crippen LogP contribution < -0.4 is 11.1 Å². The quantitative estimate of drug-likeness (QED) is 0.523. The van der Waals surface area contributed by atoms with Crippen molar-refractivity contribution in [3.63, 3.8) is 0 Å². The standard InChI is InChI=1S/C12H17FN2O2S/c13-9-2-3-11(10(14)8-9)15-12(17)4-7-18-6-1-5-16/h2-3,8,16H,1,4-7,14H2,(H,15,17). The molecule has 1 aromatic carbocycles. The van der Waals surface area contributed by atoms with Gasteiger partial charge >= 0.3 is 0 Å². The number of nitrogens with one attached hydrogen (secondary N) is 1. The van der Waals surface area contributed by atoms with Crippen molar-refractivity contribution in [2.45, 2.75) is 12.8 Å². The van der Waals surface area contributed by atoms with Crippen LogP contribution in [-0.2, 0) is 4.79 Å². The highest BCUT2D eigenvalue weighted by molar-refractivity contribution is 7.99. The summed E-state index contributed by atoms with van der Waals surface area (Å²) in [5, 5.41) is 11.2. The van der Waals surface area contributed by atoms with Crippen LogP contribution in [0, 0.1) is 5.82 Å². The number of aliphatic hydroxyl groups excluding tert-OH is 1. The van der Waals surface area contributed by atoms with Crippen molar-refractivity contribution in [1.29, 1.82) is 0 Å². The molecule has 1 amide bonds. The monoisotopic (exact) mass is 272 g/mol. The number of nitrogen functional groups attached to an aromatic ring is 1. The maximum atomic E-state index is 12.8. The average molecular weight is 272 g/mol. The number of carbonyl (C=O) groups excluding carboxylic acids is 1. The summed E-state index contributed by atoms with van der Waals surface area (Å²) >= 11 is 1.61. The molecule has 0 atom stereocenters. The van der Waals surface area contributed by atoms with E-state index in [2.05, 4.69) is 5.32 Å². The van der Waals surface area contributed by atoms with Gasteiger partial charge < -0.3 is 16.2 Å². The minimum absolute atomic E-state index is 0.148. The number of hydrogen-bond donors (Lipinski definition) is 3. The number of thioether (sulfide) groups is 1. The van der Waals surface area contributed by atoms with E-state index in [0.717, 1.165) is 12.2 Å². The Kier molecular flexibility index (Phi) is 6.53. The van der Waals surface area contributed by atoms with E-state index in [0.29, 0.717) is 17.9 Å². The van der Waals surface area contributed by atoms with E-state index < -0.39 is 5.82 Å². The highest BCUT2D eigenvalue weighted by Crippen LogP contribution is 2.19. The minimum Gasteiger partial charge on any atom is -0.397 e. The van der Waals surface area contributed by atoms with Gasteiger partial charge in [0, 0.05) is 18.8 Å². The smallest absolute Gasteiger partial charge is 0.225 e. The largest absolute Gasteiger partial charge is 0.397 e. The van der Waals surface area contributed by atoms with Crippen LogP contribution in [0.25, 0.3) is 0 Å². The van der Waals surface area contributed by atoms with Gasteiger partial charge in [-0.1, -0.05) is 0 Å². The van der Waals surface area contributed by atoms with E-state index in [1.807, 2.05) is 0 Å². The lowest BCUT2D eigenvalue weighted by Gasteiger charge is -2.07. The van der Waals surface area contributed by atoms with Gasteiger partial charge in [-0.05, 0) is 30.4 Å². The molecule has 6 heteroatoms. The average Bonchev–Trinajstić information content (AvgIpc) is 2.32. The third-order valence-electron chi connectivity index (χ3n) is 2.21. The summed E-state index contributed by atoms with van der Waals surface area (Å²) < 4.78 is 12.8. The summed E-state index contributed by atoms with van der Waals surface area (Å²) in [5.41, 5.74) is 6.23. The third kappa shape index (κ3) is 5.37. The lowest BCUT2D eigenvalue weighted by atomic mass is 10.2. The number of hydrogen-bond acceptors (Lipinski definition) is 4. The van der Waals surface area contributed by atoms with Gasteiger partial charge in [-0.3, -0.25) is 4.79 Å². The second kappa shape index (κ2) is 7.94. The number of nitrogens with two attached hydrogens (primary N) is 1. The highest BCUT2D eigenvalue weighted by Gasteiger charge is 2.05. The molecule has 4 nitrogen and oxygen atoms in total. The zero-order valence-corrected chi connectivity index (χ0v) is 10.8. The molecule has 0 aliphatic rings. The van der Waals surface area contributed by atoms with E-state index in [9.17, 15) is 9.18 Å². The first kappa shape index (κ1) is 14.8. The van der Waals surface area contributed by atoms with Crippen LogP contribution in [0.5, 0.6) is 0 Å². The van der Waals surface area contributed by atoms with Crippen molar-refractivity contribution in [3.8, 4) is 0 Å². The minimum atomic E-state index is -0.426. The molecular weight excluding hydrogens is 255 g/mol.